The average Bonchev–Trinajstić information content (AvgIpc) is 1.99. The Balaban J connectivity index is 2.71. The zero-order chi connectivity index (χ0) is 9.84. The molecule has 70 valence electrons. The van der Waals surface area contributed by atoms with Crippen molar-refractivity contribution in [1.29, 1.82) is 0 Å². The van der Waals surface area contributed by atoms with Crippen molar-refractivity contribution in [3.05, 3.63) is 22.7 Å². The van der Waals surface area contributed by atoms with Gasteiger partial charge in [0.15, 0.2) is 6.61 Å². The molecule has 4 N–H and O–H groups in total. The topological polar surface area (TPSA) is 78.3 Å². The largest absolute Gasteiger partial charge is 0.484 e. The molecule has 0 aliphatic heterocycles. The molecular formula is C8H9BrN2O2. The summed E-state index contributed by atoms with van der Waals surface area (Å²) in [6.07, 6.45) is 0. The summed E-state index contributed by atoms with van der Waals surface area (Å²) < 4.78 is 5.84. The van der Waals surface area contributed by atoms with Crippen LogP contribution >= 0.6 is 15.9 Å². The molecule has 1 aromatic rings. The van der Waals surface area contributed by atoms with Gasteiger partial charge in [-0.1, -0.05) is 15.9 Å². The van der Waals surface area contributed by atoms with Crippen molar-refractivity contribution in [1.82, 2.24) is 0 Å². The predicted octanol–water partition coefficient (Wildman–Crippen LogP) is 0.895. The Bertz CT molecular complexity index is 308. The molecule has 0 fully saturated rings. The van der Waals surface area contributed by atoms with Gasteiger partial charge in [0.05, 0.1) is 0 Å². The number of benzene rings is 1. The van der Waals surface area contributed by atoms with Crippen LogP contribution in [0.5, 0.6) is 5.75 Å². The molecule has 4 nitrogen and oxygen atoms in total. The molecule has 1 amide bonds. The number of hydrogen-bond acceptors (Lipinski definition) is 3. The molecule has 0 aliphatic rings. The molecule has 0 unspecified atom stereocenters. The van der Waals surface area contributed by atoms with Gasteiger partial charge in [0.2, 0.25) is 0 Å². The second kappa shape index (κ2) is 4.13. The van der Waals surface area contributed by atoms with E-state index < -0.39 is 5.91 Å². The summed E-state index contributed by atoms with van der Waals surface area (Å²) in [5.41, 5.74) is 11.0. The Labute approximate surface area is 84.0 Å². The molecule has 5 heteroatoms. The molecule has 0 saturated carbocycles. The van der Waals surface area contributed by atoms with E-state index in [9.17, 15) is 4.79 Å². The van der Waals surface area contributed by atoms with Gasteiger partial charge in [-0.05, 0) is 12.1 Å². The smallest absolute Gasteiger partial charge is 0.255 e. The van der Waals surface area contributed by atoms with Crippen LogP contribution in [0.3, 0.4) is 0 Å². The van der Waals surface area contributed by atoms with Gasteiger partial charge in [-0.3, -0.25) is 4.79 Å². The second-order valence-electron chi connectivity index (χ2n) is 2.48. The van der Waals surface area contributed by atoms with Gasteiger partial charge < -0.3 is 16.2 Å². The van der Waals surface area contributed by atoms with Gasteiger partial charge in [0.1, 0.15) is 5.75 Å². The fourth-order valence-corrected chi connectivity index (χ4v) is 1.31. The van der Waals surface area contributed by atoms with Crippen LogP contribution in [0.15, 0.2) is 22.7 Å². The highest BCUT2D eigenvalue weighted by atomic mass is 79.9. The monoisotopic (exact) mass is 244 g/mol. The molecule has 0 spiro atoms. The average molecular weight is 245 g/mol. The zero-order valence-corrected chi connectivity index (χ0v) is 8.37. The van der Waals surface area contributed by atoms with E-state index in [0.29, 0.717) is 11.4 Å². The second-order valence-corrected chi connectivity index (χ2v) is 3.39. The molecule has 0 aromatic heterocycles. The minimum Gasteiger partial charge on any atom is -0.484 e. The minimum absolute atomic E-state index is 0.143. The Kier molecular flexibility index (Phi) is 3.13. The Morgan fingerprint density at radius 3 is 2.69 bits per heavy atom. The van der Waals surface area contributed by atoms with Gasteiger partial charge in [0.25, 0.3) is 5.91 Å². The molecule has 0 atom stereocenters. The lowest BCUT2D eigenvalue weighted by atomic mass is 10.3. The zero-order valence-electron chi connectivity index (χ0n) is 6.79. The molecule has 1 rings (SSSR count). The van der Waals surface area contributed by atoms with Crippen LogP contribution in [0.1, 0.15) is 0 Å². The summed E-state index contributed by atoms with van der Waals surface area (Å²) >= 11 is 3.24. The van der Waals surface area contributed by atoms with E-state index in [0.717, 1.165) is 4.47 Å². The Hall–Kier alpha value is -1.23. The summed E-state index contributed by atoms with van der Waals surface area (Å²) in [6, 6.07) is 5.06. The maximum absolute atomic E-state index is 10.4. The standard InChI is InChI=1S/C8H9BrN2O2/c9-5-1-6(10)3-7(2-5)13-4-8(11)12/h1-3H,4,10H2,(H2,11,12). The van der Waals surface area contributed by atoms with Crippen molar-refractivity contribution in [3.8, 4) is 5.75 Å². The SMILES string of the molecule is NC(=O)COc1cc(N)cc(Br)c1. The molecule has 0 heterocycles. The van der Waals surface area contributed by atoms with E-state index in [-0.39, 0.29) is 6.61 Å². The summed E-state index contributed by atoms with van der Waals surface area (Å²) in [7, 11) is 0. The van der Waals surface area contributed by atoms with E-state index in [1.54, 1.807) is 18.2 Å². The fraction of sp³-hybridized carbons (Fsp3) is 0.125. The number of amides is 1. The number of anilines is 1. The van der Waals surface area contributed by atoms with Crippen molar-refractivity contribution < 1.29 is 9.53 Å². The van der Waals surface area contributed by atoms with Crippen LogP contribution in [-0.4, -0.2) is 12.5 Å². The highest BCUT2D eigenvalue weighted by Crippen LogP contribution is 2.22. The van der Waals surface area contributed by atoms with Gasteiger partial charge in [-0.2, -0.15) is 0 Å². The Morgan fingerprint density at radius 2 is 2.15 bits per heavy atom. The van der Waals surface area contributed by atoms with Crippen molar-refractivity contribution in [3.63, 3.8) is 0 Å². The van der Waals surface area contributed by atoms with Crippen LogP contribution in [0.25, 0.3) is 0 Å². The summed E-state index contributed by atoms with van der Waals surface area (Å²) in [5.74, 6) is 0.00391. The molecule has 0 bridgehead atoms. The number of nitrogen functional groups attached to an aromatic ring is 1. The third-order valence-corrected chi connectivity index (χ3v) is 1.73. The van der Waals surface area contributed by atoms with E-state index in [2.05, 4.69) is 15.9 Å². The van der Waals surface area contributed by atoms with Gasteiger partial charge >= 0.3 is 0 Å². The number of halogens is 1. The summed E-state index contributed by atoms with van der Waals surface area (Å²) in [4.78, 5) is 10.4. The fourth-order valence-electron chi connectivity index (χ4n) is 0.822. The summed E-state index contributed by atoms with van der Waals surface area (Å²) in [6.45, 7) is -0.143. The van der Waals surface area contributed by atoms with E-state index in [4.69, 9.17) is 16.2 Å². The number of rotatable bonds is 3. The van der Waals surface area contributed by atoms with Crippen molar-refractivity contribution in [2.24, 2.45) is 5.73 Å². The van der Waals surface area contributed by atoms with Crippen LogP contribution in [0, 0.1) is 0 Å². The number of carbonyl (C=O) groups excluding carboxylic acids is 1. The van der Waals surface area contributed by atoms with Crippen LogP contribution in [0.4, 0.5) is 5.69 Å². The highest BCUT2D eigenvalue weighted by Gasteiger charge is 1.99. The number of ether oxygens (including phenoxy) is 1. The first-order valence-corrected chi connectivity index (χ1v) is 4.34. The van der Waals surface area contributed by atoms with E-state index in [1.807, 2.05) is 0 Å². The van der Waals surface area contributed by atoms with E-state index in [1.165, 1.54) is 0 Å². The first-order valence-electron chi connectivity index (χ1n) is 3.55. The van der Waals surface area contributed by atoms with Crippen LogP contribution in [0.2, 0.25) is 0 Å². The van der Waals surface area contributed by atoms with Crippen LogP contribution in [-0.2, 0) is 4.79 Å². The third kappa shape index (κ3) is 3.33. The normalized spacial score (nSPS) is 9.62. The first-order chi connectivity index (χ1) is 6.08. The van der Waals surface area contributed by atoms with Crippen molar-refractivity contribution >= 4 is 27.5 Å². The Morgan fingerprint density at radius 1 is 1.46 bits per heavy atom. The predicted molar refractivity (Wildman–Crippen MR) is 53.2 cm³/mol. The molecular weight excluding hydrogens is 236 g/mol. The van der Waals surface area contributed by atoms with Gasteiger partial charge in [0, 0.05) is 16.2 Å². The number of primary amides is 1. The van der Waals surface area contributed by atoms with Crippen molar-refractivity contribution in [2.75, 3.05) is 12.3 Å². The number of hydrogen-bond donors (Lipinski definition) is 2. The lowest BCUT2D eigenvalue weighted by Crippen LogP contribution is -2.20. The van der Waals surface area contributed by atoms with E-state index >= 15 is 0 Å². The summed E-state index contributed by atoms with van der Waals surface area (Å²) in [5, 5.41) is 0. The molecule has 0 saturated heterocycles. The van der Waals surface area contributed by atoms with Crippen LogP contribution < -0.4 is 16.2 Å². The van der Waals surface area contributed by atoms with Gasteiger partial charge in [-0.15, -0.1) is 0 Å². The van der Waals surface area contributed by atoms with Crippen molar-refractivity contribution in [2.45, 2.75) is 0 Å². The quantitative estimate of drug-likeness (QED) is 0.776. The molecule has 13 heavy (non-hydrogen) atoms. The molecule has 0 radical (unpaired) electrons. The molecule has 0 aliphatic carbocycles. The third-order valence-electron chi connectivity index (χ3n) is 1.27. The van der Waals surface area contributed by atoms with Gasteiger partial charge in [-0.25, -0.2) is 0 Å². The number of carbonyl (C=O) groups is 1. The lowest BCUT2D eigenvalue weighted by molar-refractivity contribution is -0.119. The molecule has 1 aromatic carbocycles. The number of nitrogens with two attached hydrogens (primary N) is 2. The maximum atomic E-state index is 10.4. The minimum atomic E-state index is -0.515. The highest BCUT2D eigenvalue weighted by molar-refractivity contribution is 9.10. The lowest BCUT2D eigenvalue weighted by Gasteiger charge is -2.04. The first kappa shape index (κ1) is 9.85. The maximum Gasteiger partial charge on any atom is 0.255 e.